The monoisotopic (exact) mass is 537 g/mol. The van der Waals surface area contributed by atoms with Crippen molar-refractivity contribution in [3.8, 4) is 5.69 Å². The normalized spacial score (nSPS) is 19.4. The predicted molar refractivity (Wildman–Crippen MR) is 162 cm³/mol. The third-order valence-electron chi connectivity index (χ3n) is 8.14. The lowest BCUT2D eigenvalue weighted by atomic mass is 9.96. The maximum absolute atomic E-state index is 5.97. The summed E-state index contributed by atoms with van der Waals surface area (Å²) in [6.45, 7) is 12.1. The molecule has 4 aromatic rings. The molecule has 7 heteroatoms. The number of anilines is 2. The standard InChI is InChI=1S/C32H35N5OS/c1-21-8-9-27(19-22(21)2)37-31(30(34-32(37)39)29-7-5-6-14-33-29)28-20-23(3)36(24(28)4)26-12-10-25(11-13-26)35-15-17-38-18-16-35/h5-14,19-20,30-31H,15-18H2,1-4H3,(H,34,39)/t30-,31+/m0/s1. The van der Waals surface area contributed by atoms with Crippen LogP contribution in [0.25, 0.3) is 5.69 Å². The van der Waals surface area contributed by atoms with E-state index in [1.165, 1.54) is 33.8 Å². The van der Waals surface area contributed by atoms with Crippen LogP contribution in [0.1, 0.15) is 45.9 Å². The Morgan fingerprint density at radius 1 is 0.846 bits per heavy atom. The largest absolute Gasteiger partial charge is 0.378 e. The van der Waals surface area contributed by atoms with Crippen LogP contribution in [0.15, 0.2) is 72.9 Å². The lowest BCUT2D eigenvalue weighted by molar-refractivity contribution is 0.122. The first-order valence-corrected chi connectivity index (χ1v) is 14.0. The van der Waals surface area contributed by atoms with E-state index < -0.39 is 0 Å². The maximum Gasteiger partial charge on any atom is 0.174 e. The van der Waals surface area contributed by atoms with E-state index >= 15 is 0 Å². The van der Waals surface area contributed by atoms with E-state index in [0.717, 1.165) is 48.5 Å². The van der Waals surface area contributed by atoms with Crippen LogP contribution in [0.3, 0.4) is 0 Å². The zero-order valence-corrected chi connectivity index (χ0v) is 23.8. The number of hydrogen-bond donors (Lipinski definition) is 1. The van der Waals surface area contributed by atoms with Crippen LogP contribution < -0.4 is 15.1 Å². The van der Waals surface area contributed by atoms with E-state index in [2.05, 4.69) is 102 Å². The summed E-state index contributed by atoms with van der Waals surface area (Å²) < 4.78 is 7.88. The average Bonchev–Trinajstić information content (AvgIpc) is 3.46. The van der Waals surface area contributed by atoms with Crippen LogP contribution in [0.4, 0.5) is 11.4 Å². The van der Waals surface area contributed by atoms with Gasteiger partial charge in [0.2, 0.25) is 0 Å². The number of pyridine rings is 1. The molecule has 2 aliphatic rings. The van der Waals surface area contributed by atoms with Crippen LogP contribution in [0.5, 0.6) is 0 Å². The summed E-state index contributed by atoms with van der Waals surface area (Å²) in [5.41, 5.74) is 10.6. The molecule has 39 heavy (non-hydrogen) atoms. The summed E-state index contributed by atoms with van der Waals surface area (Å²) in [6.07, 6.45) is 1.86. The number of nitrogens with one attached hydrogen (secondary N) is 1. The molecule has 0 amide bonds. The van der Waals surface area contributed by atoms with Gasteiger partial charge in [-0.15, -0.1) is 0 Å². The molecule has 2 aromatic heterocycles. The van der Waals surface area contributed by atoms with E-state index in [4.69, 9.17) is 21.9 Å². The molecule has 0 bridgehead atoms. The van der Waals surface area contributed by atoms with Crippen molar-refractivity contribution in [2.75, 3.05) is 36.1 Å². The van der Waals surface area contributed by atoms with Crippen LogP contribution in [-0.4, -0.2) is 41.0 Å². The Morgan fingerprint density at radius 3 is 2.26 bits per heavy atom. The van der Waals surface area contributed by atoms with Gasteiger partial charge in [0.1, 0.15) is 0 Å². The summed E-state index contributed by atoms with van der Waals surface area (Å²) in [5.74, 6) is 0. The molecule has 4 heterocycles. The van der Waals surface area contributed by atoms with Gasteiger partial charge in [-0.3, -0.25) is 4.98 Å². The first-order chi connectivity index (χ1) is 18.9. The van der Waals surface area contributed by atoms with Gasteiger partial charge in [-0.25, -0.2) is 0 Å². The number of rotatable bonds is 5. The molecule has 2 fully saturated rings. The number of benzene rings is 2. The summed E-state index contributed by atoms with van der Waals surface area (Å²) in [4.78, 5) is 9.39. The minimum Gasteiger partial charge on any atom is -0.378 e. The van der Waals surface area contributed by atoms with Crippen molar-refractivity contribution < 1.29 is 4.74 Å². The Morgan fingerprint density at radius 2 is 1.56 bits per heavy atom. The highest BCUT2D eigenvalue weighted by Gasteiger charge is 2.42. The Hall–Kier alpha value is -3.68. The Labute approximate surface area is 236 Å². The summed E-state index contributed by atoms with van der Waals surface area (Å²) >= 11 is 5.97. The zero-order chi connectivity index (χ0) is 27.1. The van der Waals surface area contributed by atoms with Gasteiger partial charge in [-0.1, -0.05) is 12.1 Å². The Balaban J connectivity index is 1.42. The minimum atomic E-state index is -0.0713. The predicted octanol–water partition coefficient (Wildman–Crippen LogP) is 6.12. The fraction of sp³-hybridized carbons (Fsp3) is 0.312. The van der Waals surface area contributed by atoms with Gasteiger partial charge in [0, 0.05) is 47.7 Å². The number of thiocarbonyl (C=S) groups is 1. The average molecular weight is 538 g/mol. The van der Waals surface area contributed by atoms with Gasteiger partial charge in [0.25, 0.3) is 0 Å². The van der Waals surface area contributed by atoms with E-state index in [0.29, 0.717) is 0 Å². The molecule has 200 valence electrons. The maximum atomic E-state index is 5.97. The van der Waals surface area contributed by atoms with E-state index in [1.54, 1.807) is 0 Å². The summed E-state index contributed by atoms with van der Waals surface area (Å²) in [7, 11) is 0. The van der Waals surface area contributed by atoms with Crippen molar-refractivity contribution in [3.63, 3.8) is 0 Å². The zero-order valence-electron chi connectivity index (χ0n) is 23.0. The van der Waals surface area contributed by atoms with E-state index in [9.17, 15) is 0 Å². The molecule has 1 N–H and O–H groups in total. The first kappa shape index (κ1) is 25.6. The highest BCUT2D eigenvalue weighted by Crippen LogP contribution is 2.44. The molecule has 0 spiro atoms. The molecule has 0 unspecified atom stereocenters. The number of morpholine rings is 1. The SMILES string of the molecule is Cc1ccc(N2C(=S)N[C@@H](c3ccccn3)[C@H]2c2cc(C)n(-c3ccc(N4CCOCC4)cc3)c2C)cc1C. The molecule has 2 atom stereocenters. The number of ether oxygens (including phenoxy) is 1. The minimum absolute atomic E-state index is 0.0397. The molecular formula is C32H35N5OS. The second kappa shape index (κ2) is 10.5. The smallest absolute Gasteiger partial charge is 0.174 e. The number of aryl methyl sites for hydroxylation is 3. The lowest BCUT2D eigenvalue weighted by Gasteiger charge is -2.29. The fourth-order valence-electron chi connectivity index (χ4n) is 5.94. The topological polar surface area (TPSA) is 45.6 Å². The number of hydrogen-bond acceptors (Lipinski definition) is 4. The van der Waals surface area contributed by atoms with Crippen LogP contribution in [-0.2, 0) is 4.74 Å². The molecule has 2 aromatic carbocycles. The fourth-order valence-corrected chi connectivity index (χ4v) is 6.29. The molecule has 2 aliphatic heterocycles. The molecule has 6 rings (SSSR count). The van der Waals surface area contributed by atoms with E-state index in [1.807, 2.05) is 18.3 Å². The molecule has 0 radical (unpaired) electrons. The van der Waals surface area contributed by atoms with Crippen LogP contribution in [0.2, 0.25) is 0 Å². The third-order valence-corrected chi connectivity index (χ3v) is 8.45. The van der Waals surface area contributed by atoms with Crippen LogP contribution >= 0.6 is 12.2 Å². The summed E-state index contributed by atoms with van der Waals surface area (Å²) in [6, 6.07) is 23.8. The van der Waals surface area contributed by atoms with Crippen molar-refractivity contribution in [1.82, 2.24) is 14.9 Å². The lowest BCUT2D eigenvalue weighted by Crippen LogP contribution is -2.36. The van der Waals surface area contributed by atoms with Gasteiger partial charge in [0.05, 0.1) is 31.0 Å². The van der Waals surface area contributed by atoms with Gasteiger partial charge < -0.3 is 24.4 Å². The highest BCUT2D eigenvalue weighted by atomic mass is 32.1. The number of nitrogens with zero attached hydrogens (tertiary/aromatic N) is 4. The number of aromatic nitrogens is 2. The van der Waals surface area contributed by atoms with Crippen molar-refractivity contribution >= 4 is 28.7 Å². The van der Waals surface area contributed by atoms with E-state index in [-0.39, 0.29) is 12.1 Å². The molecule has 0 aliphatic carbocycles. The van der Waals surface area contributed by atoms with Crippen molar-refractivity contribution in [2.45, 2.75) is 39.8 Å². The quantitative estimate of drug-likeness (QED) is 0.310. The molecule has 2 saturated heterocycles. The second-order valence-corrected chi connectivity index (χ2v) is 10.9. The third kappa shape index (κ3) is 4.70. The van der Waals surface area contributed by atoms with Crippen molar-refractivity contribution in [1.29, 1.82) is 0 Å². The molecule has 0 saturated carbocycles. The Kier molecular flexibility index (Phi) is 6.87. The molecule has 6 nitrogen and oxygen atoms in total. The summed E-state index contributed by atoms with van der Waals surface area (Å²) in [5, 5.41) is 4.33. The van der Waals surface area contributed by atoms with Crippen molar-refractivity contribution in [3.05, 3.63) is 107 Å². The van der Waals surface area contributed by atoms with Gasteiger partial charge in [-0.05, 0) is 111 Å². The second-order valence-electron chi connectivity index (χ2n) is 10.5. The van der Waals surface area contributed by atoms with Gasteiger partial charge in [0.15, 0.2) is 5.11 Å². The van der Waals surface area contributed by atoms with Crippen molar-refractivity contribution in [2.24, 2.45) is 0 Å². The highest BCUT2D eigenvalue weighted by molar-refractivity contribution is 7.80. The van der Waals surface area contributed by atoms with Crippen LogP contribution in [0, 0.1) is 27.7 Å². The Bertz CT molecular complexity index is 1490. The molecular weight excluding hydrogens is 502 g/mol. The van der Waals surface area contributed by atoms with Gasteiger partial charge >= 0.3 is 0 Å². The van der Waals surface area contributed by atoms with Gasteiger partial charge in [-0.2, -0.15) is 0 Å². The first-order valence-electron chi connectivity index (χ1n) is 13.6.